The zero-order valence-corrected chi connectivity index (χ0v) is 19.6. The first-order valence-electron chi connectivity index (χ1n) is 12.1. The van der Waals surface area contributed by atoms with Gasteiger partial charge in [0.15, 0.2) is 0 Å². The fourth-order valence-corrected chi connectivity index (χ4v) is 5.35. The molecular formula is C27H33N5O. The molecule has 1 atom stereocenters. The van der Waals surface area contributed by atoms with Crippen molar-refractivity contribution in [2.24, 2.45) is 10.7 Å². The normalized spacial score (nSPS) is 18.8. The molecule has 2 aliphatic rings. The Hall–Kier alpha value is -3.12. The molecule has 0 saturated carbocycles. The summed E-state index contributed by atoms with van der Waals surface area (Å²) in [6.45, 7) is 5.44. The third kappa shape index (κ3) is 4.15. The van der Waals surface area contributed by atoms with Crippen molar-refractivity contribution < 1.29 is 4.79 Å². The molecule has 0 spiro atoms. The quantitative estimate of drug-likeness (QED) is 0.610. The number of anilines is 1. The van der Waals surface area contributed by atoms with Crippen LogP contribution in [-0.2, 0) is 13.0 Å². The molecule has 2 aromatic carbocycles. The van der Waals surface area contributed by atoms with E-state index in [9.17, 15) is 4.79 Å². The lowest BCUT2D eigenvalue weighted by Crippen LogP contribution is -2.45. The number of hydrogen-bond acceptors (Lipinski definition) is 4. The van der Waals surface area contributed by atoms with Gasteiger partial charge in [0.25, 0.3) is 5.91 Å². The van der Waals surface area contributed by atoms with Crippen LogP contribution in [0, 0.1) is 0 Å². The van der Waals surface area contributed by atoms with E-state index in [0.717, 1.165) is 67.9 Å². The average molecular weight is 444 g/mol. The van der Waals surface area contributed by atoms with E-state index in [4.69, 9.17) is 10.7 Å². The summed E-state index contributed by atoms with van der Waals surface area (Å²) in [5.74, 6) is 0.0697. The first kappa shape index (κ1) is 21.7. The molecule has 2 aliphatic heterocycles. The van der Waals surface area contributed by atoms with Crippen LogP contribution in [0.25, 0.3) is 10.9 Å². The predicted octanol–water partition coefficient (Wildman–Crippen LogP) is 4.36. The van der Waals surface area contributed by atoms with Crippen molar-refractivity contribution in [1.29, 1.82) is 0 Å². The summed E-state index contributed by atoms with van der Waals surface area (Å²) in [5, 5.41) is 1.21. The Morgan fingerprint density at radius 3 is 2.85 bits per heavy atom. The standard InChI is InChI=1S/C27H33N5O/c1-3-32-23(15-19-8-4-5-11-25(19)32)17-29-24-16-21(14-20-9-6-12-30(2)26(20)24)27(33)31-13-7-10-22(28)18-31/h4-5,8,11,14-17,22H,3,6-7,9-10,12-13,18,28H2,1-2H3. The van der Waals surface area contributed by atoms with E-state index in [1.165, 1.54) is 16.5 Å². The second-order valence-electron chi connectivity index (χ2n) is 9.31. The maximum atomic E-state index is 13.4. The number of amides is 1. The Bertz CT molecular complexity index is 1210. The van der Waals surface area contributed by atoms with Crippen molar-refractivity contribution in [3.8, 4) is 0 Å². The van der Waals surface area contributed by atoms with Gasteiger partial charge in [0.05, 0.1) is 23.3 Å². The van der Waals surface area contributed by atoms with E-state index in [1.807, 2.05) is 17.2 Å². The zero-order chi connectivity index (χ0) is 22.9. The molecule has 0 aliphatic carbocycles. The molecule has 6 heteroatoms. The Morgan fingerprint density at radius 1 is 1.18 bits per heavy atom. The summed E-state index contributed by atoms with van der Waals surface area (Å²) in [4.78, 5) is 22.5. The van der Waals surface area contributed by atoms with Crippen molar-refractivity contribution >= 4 is 34.4 Å². The van der Waals surface area contributed by atoms with Crippen LogP contribution < -0.4 is 10.6 Å². The number of benzene rings is 2. The van der Waals surface area contributed by atoms with Gasteiger partial charge >= 0.3 is 0 Å². The van der Waals surface area contributed by atoms with E-state index in [-0.39, 0.29) is 11.9 Å². The molecule has 0 bridgehead atoms. The van der Waals surface area contributed by atoms with E-state index in [1.54, 1.807) is 0 Å². The largest absolute Gasteiger partial charge is 0.373 e. The van der Waals surface area contributed by atoms with Crippen LogP contribution in [-0.4, -0.2) is 54.3 Å². The zero-order valence-electron chi connectivity index (χ0n) is 19.6. The van der Waals surface area contributed by atoms with Crippen molar-refractivity contribution in [2.75, 3.05) is 31.6 Å². The predicted molar refractivity (Wildman–Crippen MR) is 136 cm³/mol. The number of nitrogens with two attached hydrogens (primary N) is 1. The summed E-state index contributed by atoms with van der Waals surface area (Å²) < 4.78 is 2.28. The van der Waals surface area contributed by atoms with Gasteiger partial charge in [0.2, 0.25) is 0 Å². The minimum Gasteiger partial charge on any atom is -0.373 e. The third-order valence-electron chi connectivity index (χ3n) is 6.98. The number of hydrogen-bond donors (Lipinski definition) is 1. The minimum absolute atomic E-state index is 0.0694. The molecule has 1 unspecified atom stereocenters. The summed E-state index contributed by atoms with van der Waals surface area (Å²) in [7, 11) is 2.12. The molecule has 1 aromatic heterocycles. The van der Waals surface area contributed by atoms with E-state index >= 15 is 0 Å². The molecule has 2 N–H and O–H groups in total. The molecular weight excluding hydrogens is 410 g/mol. The van der Waals surface area contributed by atoms with Crippen LogP contribution in [0.5, 0.6) is 0 Å². The molecule has 0 radical (unpaired) electrons. The summed E-state index contributed by atoms with van der Waals surface area (Å²) in [5.41, 5.74) is 12.4. The molecule has 33 heavy (non-hydrogen) atoms. The van der Waals surface area contributed by atoms with Crippen LogP contribution in [0.4, 0.5) is 11.4 Å². The van der Waals surface area contributed by atoms with E-state index in [0.29, 0.717) is 6.54 Å². The van der Waals surface area contributed by atoms with Gasteiger partial charge in [-0.15, -0.1) is 0 Å². The molecule has 1 amide bonds. The van der Waals surface area contributed by atoms with Gasteiger partial charge in [-0.05, 0) is 62.4 Å². The summed E-state index contributed by atoms with van der Waals surface area (Å²) in [6.07, 6.45) is 5.96. The van der Waals surface area contributed by atoms with Crippen LogP contribution in [0.1, 0.15) is 47.8 Å². The topological polar surface area (TPSA) is 66.9 Å². The summed E-state index contributed by atoms with van der Waals surface area (Å²) in [6, 6.07) is 14.7. The number of fused-ring (bicyclic) bond motifs is 2. The first-order valence-corrected chi connectivity index (χ1v) is 12.1. The molecule has 1 saturated heterocycles. The van der Waals surface area contributed by atoms with E-state index in [2.05, 4.69) is 59.8 Å². The van der Waals surface area contributed by atoms with Gasteiger partial charge in [0, 0.05) is 55.7 Å². The second-order valence-corrected chi connectivity index (χ2v) is 9.31. The molecule has 3 heterocycles. The number of carbonyl (C=O) groups excluding carboxylic acids is 1. The number of likely N-dealkylation sites (tertiary alicyclic amines) is 1. The first-order chi connectivity index (χ1) is 16.0. The van der Waals surface area contributed by atoms with Crippen molar-refractivity contribution in [1.82, 2.24) is 9.47 Å². The second kappa shape index (κ2) is 9.02. The number of aromatic nitrogens is 1. The Kier molecular flexibility index (Phi) is 5.94. The molecule has 6 nitrogen and oxygen atoms in total. The number of para-hydroxylation sites is 1. The molecule has 5 rings (SSSR count). The summed E-state index contributed by atoms with van der Waals surface area (Å²) >= 11 is 0. The maximum Gasteiger partial charge on any atom is 0.253 e. The highest BCUT2D eigenvalue weighted by molar-refractivity contribution is 5.98. The van der Waals surface area contributed by atoms with Crippen molar-refractivity contribution in [3.63, 3.8) is 0 Å². The van der Waals surface area contributed by atoms with Gasteiger partial charge < -0.3 is 20.1 Å². The van der Waals surface area contributed by atoms with Crippen LogP contribution in [0.3, 0.4) is 0 Å². The average Bonchev–Trinajstić information content (AvgIpc) is 3.19. The van der Waals surface area contributed by atoms with Gasteiger partial charge in [-0.25, -0.2) is 0 Å². The number of piperidine rings is 1. The van der Waals surface area contributed by atoms with E-state index < -0.39 is 0 Å². The molecule has 3 aromatic rings. The number of rotatable bonds is 4. The maximum absolute atomic E-state index is 13.4. The monoisotopic (exact) mass is 443 g/mol. The lowest BCUT2D eigenvalue weighted by Gasteiger charge is -2.32. The fourth-order valence-electron chi connectivity index (χ4n) is 5.35. The number of aliphatic imine (C=N–C) groups is 1. The van der Waals surface area contributed by atoms with Crippen LogP contribution >= 0.6 is 0 Å². The Morgan fingerprint density at radius 2 is 2.03 bits per heavy atom. The Balaban J connectivity index is 1.55. The minimum atomic E-state index is 0.0694. The SMILES string of the molecule is CCn1c(C=Nc2cc(C(=O)N3CCCC(N)C3)cc3c2N(C)CCC3)cc2ccccc21. The van der Waals surface area contributed by atoms with Crippen LogP contribution in [0.2, 0.25) is 0 Å². The third-order valence-corrected chi connectivity index (χ3v) is 6.98. The highest BCUT2D eigenvalue weighted by atomic mass is 16.2. The Labute approximate surface area is 195 Å². The fraction of sp³-hybridized carbons (Fsp3) is 0.407. The van der Waals surface area contributed by atoms with Gasteiger partial charge in [-0.2, -0.15) is 0 Å². The highest BCUT2D eigenvalue weighted by Crippen LogP contribution is 2.37. The van der Waals surface area contributed by atoms with Crippen molar-refractivity contribution in [3.05, 3.63) is 59.3 Å². The smallest absolute Gasteiger partial charge is 0.253 e. The lowest BCUT2D eigenvalue weighted by atomic mass is 9.97. The lowest BCUT2D eigenvalue weighted by molar-refractivity contribution is 0.0708. The number of nitrogens with zero attached hydrogens (tertiary/aromatic N) is 4. The number of aryl methyl sites for hydroxylation is 2. The number of carbonyl (C=O) groups is 1. The highest BCUT2D eigenvalue weighted by Gasteiger charge is 2.25. The molecule has 1 fully saturated rings. The molecule has 172 valence electrons. The van der Waals surface area contributed by atoms with Gasteiger partial charge in [-0.1, -0.05) is 18.2 Å². The van der Waals surface area contributed by atoms with Gasteiger partial charge in [0.1, 0.15) is 0 Å². The van der Waals surface area contributed by atoms with Crippen LogP contribution in [0.15, 0.2) is 47.5 Å². The van der Waals surface area contributed by atoms with Gasteiger partial charge in [-0.3, -0.25) is 9.79 Å². The van der Waals surface area contributed by atoms with Crippen molar-refractivity contribution in [2.45, 2.75) is 45.2 Å².